The number of benzene rings is 2. The van der Waals surface area contributed by atoms with Gasteiger partial charge >= 0.3 is 0 Å². The maximum absolute atomic E-state index is 13.6. The van der Waals surface area contributed by atoms with Gasteiger partial charge < -0.3 is 25.0 Å². The molecular weight excluding hydrogens is 659 g/mol. The Bertz CT molecular complexity index is 1940. The zero-order valence-electron chi connectivity index (χ0n) is 29.0. The van der Waals surface area contributed by atoms with Crippen LogP contribution in [0.15, 0.2) is 48.8 Å². The number of fused-ring (bicyclic) bond motifs is 1. The number of carbonyl (C=O) groups is 1. The third kappa shape index (κ3) is 8.59. The molecule has 0 bridgehead atoms. The molecule has 0 aliphatic carbocycles. The molecule has 1 amide bonds. The summed E-state index contributed by atoms with van der Waals surface area (Å²) in [6.07, 6.45) is 3.19. The van der Waals surface area contributed by atoms with Crippen LogP contribution in [0.2, 0.25) is 0 Å². The molecule has 0 saturated carbocycles. The minimum Gasteiger partial charge on any atom is -0.492 e. The lowest BCUT2D eigenvalue weighted by Crippen LogP contribution is -2.49. The second-order valence-electron chi connectivity index (χ2n) is 12.6. The SMILES string of the molecule is CCc1cc(NC(=O)c2ccc(C)c(Nc3ncnc4ccc(N5CCN(CCN6CCOCC6)CC5)nc34)c2)c(OC)c(NS(C)(=O)=O)c1. The molecule has 4 heterocycles. The predicted octanol–water partition coefficient (Wildman–Crippen LogP) is 3.73. The lowest BCUT2D eigenvalue weighted by atomic mass is 10.1. The van der Waals surface area contributed by atoms with E-state index < -0.39 is 10.0 Å². The van der Waals surface area contributed by atoms with E-state index in [-0.39, 0.29) is 17.3 Å². The van der Waals surface area contributed by atoms with Crippen LogP contribution in [0.5, 0.6) is 5.75 Å². The van der Waals surface area contributed by atoms with E-state index >= 15 is 0 Å². The third-order valence-electron chi connectivity index (χ3n) is 9.06. The second kappa shape index (κ2) is 15.5. The average molecular weight is 704 g/mol. The maximum atomic E-state index is 13.6. The lowest BCUT2D eigenvalue weighted by Gasteiger charge is -2.37. The van der Waals surface area contributed by atoms with Crippen LogP contribution in [-0.2, 0) is 21.2 Å². The topological polar surface area (TPSA) is 154 Å². The number of rotatable bonds is 12. The van der Waals surface area contributed by atoms with Crippen LogP contribution in [0.3, 0.4) is 0 Å². The normalized spacial score (nSPS) is 16.0. The van der Waals surface area contributed by atoms with Crippen molar-refractivity contribution in [1.82, 2.24) is 24.8 Å². The van der Waals surface area contributed by atoms with Gasteiger partial charge in [-0.1, -0.05) is 13.0 Å². The van der Waals surface area contributed by atoms with Crippen molar-refractivity contribution in [1.29, 1.82) is 0 Å². The number of piperazine rings is 1. The fourth-order valence-electron chi connectivity index (χ4n) is 6.21. The minimum atomic E-state index is -3.58. The molecule has 3 N–H and O–H groups in total. The van der Waals surface area contributed by atoms with Gasteiger partial charge in [-0.15, -0.1) is 0 Å². The monoisotopic (exact) mass is 703 g/mol. The van der Waals surface area contributed by atoms with Gasteiger partial charge in [0.25, 0.3) is 5.91 Å². The van der Waals surface area contributed by atoms with E-state index in [1.165, 1.54) is 13.4 Å². The van der Waals surface area contributed by atoms with Crippen LogP contribution in [0.25, 0.3) is 11.0 Å². The smallest absolute Gasteiger partial charge is 0.255 e. The average Bonchev–Trinajstić information content (AvgIpc) is 3.11. The van der Waals surface area contributed by atoms with Gasteiger partial charge in [-0.25, -0.2) is 23.4 Å². The molecule has 15 heteroatoms. The fourth-order valence-corrected chi connectivity index (χ4v) is 6.76. The minimum absolute atomic E-state index is 0.218. The molecular formula is C35H45N9O5S. The first-order chi connectivity index (χ1) is 24.1. The van der Waals surface area contributed by atoms with Crippen LogP contribution in [0, 0.1) is 6.92 Å². The van der Waals surface area contributed by atoms with Crippen LogP contribution in [0.4, 0.5) is 28.7 Å². The van der Waals surface area contributed by atoms with Crippen LogP contribution in [-0.4, -0.2) is 118 Å². The molecule has 14 nitrogen and oxygen atoms in total. The number of morpholine rings is 1. The van der Waals surface area contributed by atoms with Crippen molar-refractivity contribution < 1.29 is 22.7 Å². The Morgan fingerprint density at radius 1 is 0.920 bits per heavy atom. The molecule has 2 aromatic carbocycles. The number of aromatic nitrogens is 3. The number of amides is 1. The summed E-state index contributed by atoms with van der Waals surface area (Å²) < 4.78 is 37.5. The molecule has 266 valence electrons. The van der Waals surface area contributed by atoms with Gasteiger partial charge in [0.1, 0.15) is 17.7 Å². The van der Waals surface area contributed by atoms with E-state index in [1.54, 1.807) is 24.3 Å². The van der Waals surface area contributed by atoms with Gasteiger partial charge in [-0.2, -0.15) is 0 Å². The standard InChI is InChI=1S/C35H45N9O5S/c1-5-25-20-29(33(48-3)30(21-25)41-50(4,46)47)39-35(45)26-7-6-24(2)28(22-26)38-34-32-27(36-23-37-34)8-9-31(40-32)44-14-12-42(13-15-44)10-11-43-16-18-49-19-17-43/h6-9,20-23,41H,5,10-19H2,1-4H3,(H,39,45)(H,36,37,38). The Kier molecular flexibility index (Phi) is 11.0. The van der Waals surface area contributed by atoms with Crippen LogP contribution < -0.4 is 25.0 Å². The van der Waals surface area contributed by atoms with Crippen molar-refractivity contribution in [2.75, 3.05) is 99.2 Å². The number of pyridine rings is 1. The summed E-state index contributed by atoms with van der Waals surface area (Å²) in [5, 5.41) is 6.31. The Balaban J connectivity index is 1.17. The summed E-state index contributed by atoms with van der Waals surface area (Å²) in [5.41, 5.74) is 4.77. The zero-order chi connectivity index (χ0) is 35.3. The molecule has 2 saturated heterocycles. The first-order valence-corrected chi connectivity index (χ1v) is 18.8. The number of nitrogens with one attached hydrogen (secondary N) is 3. The highest BCUT2D eigenvalue weighted by molar-refractivity contribution is 7.92. The molecule has 0 atom stereocenters. The first-order valence-electron chi connectivity index (χ1n) is 16.9. The summed E-state index contributed by atoms with van der Waals surface area (Å²) in [4.78, 5) is 34.9. The highest BCUT2D eigenvalue weighted by Crippen LogP contribution is 2.36. The van der Waals surface area contributed by atoms with Crippen molar-refractivity contribution in [3.63, 3.8) is 0 Å². The number of nitrogens with zero attached hydrogens (tertiary/aromatic N) is 6. The van der Waals surface area contributed by atoms with E-state index in [4.69, 9.17) is 14.5 Å². The summed E-state index contributed by atoms with van der Waals surface area (Å²) >= 11 is 0. The number of hydrogen-bond donors (Lipinski definition) is 3. The fraction of sp³-hybridized carbons (Fsp3) is 0.429. The van der Waals surface area contributed by atoms with Gasteiger partial charge in [-0.05, 0) is 60.9 Å². The van der Waals surface area contributed by atoms with E-state index in [0.29, 0.717) is 40.2 Å². The Hall–Kier alpha value is -4.57. The molecule has 2 aliphatic heterocycles. The van der Waals surface area contributed by atoms with Crippen LogP contribution in [0.1, 0.15) is 28.4 Å². The number of carbonyl (C=O) groups excluding carboxylic acids is 1. The van der Waals surface area contributed by atoms with Crippen molar-refractivity contribution >= 4 is 55.7 Å². The third-order valence-corrected chi connectivity index (χ3v) is 9.65. The van der Waals surface area contributed by atoms with Crippen molar-refractivity contribution in [2.45, 2.75) is 20.3 Å². The highest BCUT2D eigenvalue weighted by Gasteiger charge is 2.21. The van der Waals surface area contributed by atoms with Crippen LogP contribution >= 0.6 is 0 Å². The largest absolute Gasteiger partial charge is 0.492 e. The molecule has 0 spiro atoms. The highest BCUT2D eigenvalue weighted by atomic mass is 32.2. The molecule has 6 rings (SSSR count). The molecule has 50 heavy (non-hydrogen) atoms. The molecule has 2 fully saturated rings. The van der Waals surface area contributed by atoms with E-state index in [9.17, 15) is 13.2 Å². The number of anilines is 5. The second-order valence-corrected chi connectivity index (χ2v) is 14.4. The molecule has 4 aromatic rings. The molecule has 0 radical (unpaired) electrons. The van der Waals surface area contributed by atoms with Crippen molar-refractivity contribution in [3.05, 3.63) is 65.5 Å². The number of ether oxygens (including phenoxy) is 2. The van der Waals surface area contributed by atoms with Gasteiger partial charge in [0, 0.05) is 63.6 Å². The van der Waals surface area contributed by atoms with Gasteiger partial charge in [0.05, 0.1) is 43.5 Å². The van der Waals surface area contributed by atoms with Crippen molar-refractivity contribution in [3.8, 4) is 5.75 Å². The Morgan fingerprint density at radius 3 is 2.34 bits per heavy atom. The number of methoxy groups -OCH3 is 1. The summed E-state index contributed by atoms with van der Waals surface area (Å²) in [6, 6.07) is 12.8. The maximum Gasteiger partial charge on any atom is 0.255 e. The molecule has 2 aliphatic rings. The van der Waals surface area contributed by atoms with E-state index in [2.05, 4.69) is 40.0 Å². The summed E-state index contributed by atoms with van der Waals surface area (Å²) in [7, 11) is -2.15. The van der Waals surface area contributed by atoms with Gasteiger partial charge in [0.15, 0.2) is 11.6 Å². The Morgan fingerprint density at radius 2 is 1.64 bits per heavy atom. The van der Waals surface area contributed by atoms with E-state index in [0.717, 1.165) is 88.8 Å². The van der Waals surface area contributed by atoms with Gasteiger partial charge in [0.2, 0.25) is 10.0 Å². The molecule has 0 unspecified atom stereocenters. The Labute approximate surface area is 293 Å². The quantitative estimate of drug-likeness (QED) is 0.197. The summed E-state index contributed by atoms with van der Waals surface area (Å²) in [5.74, 6) is 1.24. The number of hydrogen-bond acceptors (Lipinski definition) is 12. The van der Waals surface area contributed by atoms with Gasteiger partial charge in [-0.3, -0.25) is 19.3 Å². The van der Waals surface area contributed by atoms with Crippen molar-refractivity contribution in [2.24, 2.45) is 0 Å². The number of sulfonamides is 1. The molecule has 2 aromatic heterocycles. The van der Waals surface area contributed by atoms with E-state index in [1.807, 2.05) is 32.0 Å². The number of aryl methyl sites for hydroxylation is 2. The zero-order valence-corrected chi connectivity index (χ0v) is 29.8. The summed E-state index contributed by atoms with van der Waals surface area (Å²) in [6.45, 7) is 13.4. The first kappa shape index (κ1) is 35.3. The lowest BCUT2D eigenvalue weighted by molar-refractivity contribution is 0.0331. The predicted molar refractivity (Wildman–Crippen MR) is 196 cm³/mol.